The molecule has 31 heavy (non-hydrogen) atoms. The van der Waals surface area contributed by atoms with Crippen molar-refractivity contribution in [2.24, 2.45) is 0 Å². The van der Waals surface area contributed by atoms with Crippen molar-refractivity contribution in [3.8, 4) is 0 Å². The van der Waals surface area contributed by atoms with Gasteiger partial charge in [-0.3, -0.25) is 24.2 Å². The number of benzene rings is 2. The van der Waals surface area contributed by atoms with E-state index in [-0.39, 0.29) is 34.1 Å². The standard InChI is InChI=1S/C21H15ClFN3O4S/c1-12-4-7-17(16(22)9-12)25-31(29,30)18-10-14(23)6-5-13(18)11-26-20(27)15-3-2-8-24-19(15)21(26)28/h2-10,25H,11H2,1H3. The normalized spacial score (nSPS) is 13.5. The molecule has 0 saturated heterocycles. The Bertz CT molecular complexity index is 1310. The fraction of sp³-hybridized carbons (Fsp3) is 0.0952. The van der Waals surface area contributed by atoms with Gasteiger partial charge in [-0.2, -0.15) is 0 Å². The van der Waals surface area contributed by atoms with Gasteiger partial charge in [0.25, 0.3) is 21.8 Å². The van der Waals surface area contributed by atoms with Crippen LogP contribution < -0.4 is 4.72 Å². The van der Waals surface area contributed by atoms with E-state index in [4.69, 9.17) is 11.6 Å². The van der Waals surface area contributed by atoms with Gasteiger partial charge < -0.3 is 0 Å². The molecule has 2 amide bonds. The second-order valence-corrected chi connectivity index (χ2v) is 8.99. The molecule has 0 bridgehead atoms. The third kappa shape index (κ3) is 3.89. The minimum Gasteiger partial charge on any atom is -0.278 e. The summed E-state index contributed by atoms with van der Waals surface area (Å²) >= 11 is 6.12. The molecule has 0 unspecified atom stereocenters. The number of nitrogens with one attached hydrogen (secondary N) is 1. The Morgan fingerprint density at radius 1 is 1.10 bits per heavy atom. The van der Waals surface area contributed by atoms with Crippen LogP contribution in [-0.2, 0) is 16.6 Å². The predicted molar refractivity (Wildman–Crippen MR) is 112 cm³/mol. The molecule has 0 radical (unpaired) electrons. The Balaban J connectivity index is 1.70. The summed E-state index contributed by atoms with van der Waals surface area (Å²) in [7, 11) is -4.29. The number of sulfonamides is 1. The lowest BCUT2D eigenvalue weighted by Crippen LogP contribution is -2.30. The van der Waals surface area contributed by atoms with Gasteiger partial charge in [0.1, 0.15) is 11.5 Å². The van der Waals surface area contributed by atoms with Crippen LogP contribution in [0, 0.1) is 12.7 Å². The monoisotopic (exact) mass is 459 g/mol. The van der Waals surface area contributed by atoms with Gasteiger partial charge in [-0.05, 0) is 54.4 Å². The van der Waals surface area contributed by atoms with Gasteiger partial charge in [-0.1, -0.05) is 23.7 Å². The second-order valence-electron chi connectivity index (χ2n) is 6.94. The Morgan fingerprint density at radius 3 is 2.58 bits per heavy atom. The number of anilines is 1. The molecule has 158 valence electrons. The number of fused-ring (bicyclic) bond motifs is 1. The maximum atomic E-state index is 14.0. The number of halogens is 2. The van der Waals surface area contributed by atoms with Crippen LogP contribution >= 0.6 is 11.6 Å². The summed E-state index contributed by atoms with van der Waals surface area (Å²) in [6, 6.07) is 10.8. The lowest BCUT2D eigenvalue weighted by molar-refractivity contribution is 0.0639. The number of carbonyl (C=O) groups excluding carboxylic acids is 2. The second kappa shape index (κ2) is 7.75. The van der Waals surface area contributed by atoms with Crippen LogP contribution in [0.3, 0.4) is 0 Å². The topological polar surface area (TPSA) is 96.4 Å². The molecule has 0 aliphatic carbocycles. The number of hydrogen-bond donors (Lipinski definition) is 1. The molecule has 3 aromatic rings. The summed E-state index contributed by atoms with van der Waals surface area (Å²) in [5, 5.41) is 0.174. The number of hydrogen-bond acceptors (Lipinski definition) is 5. The zero-order valence-electron chi connectivity index (χ0n) is 16.1. The van der Waals surface area contributed by atoms with Crippen molar-refractivity contribution >= 4 is 39.1 Å². The Hall–Kier alpha value is -3.30. The van der Waals surface area contributed by atoms with E-state index < -0.39 is 32.6 Å². The van der Waals surface area contributed by atoms with Crippen molar-refractivity contribution in [3.63, 3.8) is 0 Å². The molecule has 1 N–H and O–H groups in total. The number of rotatable bonds is 5. The van der Waals surface area contributed by atoms with E-state index >= 15 is 0 Å². The highest BCUT2D eigenvalue weighted by atomic mass is 35.5. The number of aryl methyl sites for hydroxylation is 1. The molecule has 4 rings (SSSR count). The summed E-state index contributed by atoms with van der Waals surface area (Å²) in [4.78, 5) is 29.6. The summed E-state index contributed by atoms with van der Waals surface area (Å²) in [6.45, 7) is 1.43. The van der Waals surface area contributed by atoms with Crippen molar-refractivity contribution in [2.75, 3.05) is 4.72 Å². The van der Waals surface area contributed by atoms with E-state index in [0.29, 0.717) is 0 Å². The molecule has 0 spiro atoms. The van der Waals surface area contributed by atoms with Gasteiger partial charge in [0, 0.05) is 6.20 Å². The van der Waals surface area contributed by atoms with Gasteiger partial charge in [-0.25, -0.2) is 12.8 Å². The Morgan fingerprint density at radius 2 is 1.87 bits per heavy atom. The molecule has 0 saturated carbocycles. The van der Waals surface area contributed by atoms with E-state index in [1.165, 1.54) is 30.5 Å². The number of amides is 2. The first-order valence-electron chi connectivity index (χ1n) is 9.06. The molecular weight excluding hydrogens is 445 g/mol. The quantitative estimate of drug-likeness (QED) is 0.586. The van der Waals surface area contributed by atoms with Crippen LogP contribution in [0.4, 0.5) is 10.1 Å². The molecule has 1 aliphatic rings. The molecular formula is C21H15ClFN3O4S. The summed E-state index contributed by atoms with van der Waals surface area (Å²) < 4.78 is 42.3. The third-order valence-corrected chi connectivity index (χ3v) is 6.51. The smallest absolute Gasteiger partial charge is 0.278 e. The van der Waals surface area contributed by atoms with Crippen molar-refractivity contribution in [1.29, 1.82) is 0 Å². The first-order chi connectivity index (χ1) is 14.7. The van der Waals surface area contributed by atoms with Crippen molar-refractivity contribution in [1.82, 2.24) is 9.88 Å². The number of imide groups is 1. The van der Waals surface area contributed by atoms with Crippen LogP contribution in [-0.4, -0.2) is 30.1 Å². The molecule has 10 heteroatoms. The number of carbonyl (C=O) groups is 2. The Kier molecular flexibility index (Phi) is 5.24. The largest absolute Gasteiger partial charge is 0.280 e. The van der Waals surface area contributed by atoms with Gasteiger partial charge in [-0.15, -0.1) is 0 Å². The Labute approximate surface area is 182 Å². The maximum absolute atomic E-state index is 14.0. The van der Waals surface area contributed by atoms with Gasteiger partial charge in [0.15, 0.2) is 0 Å². The average molecular weight is 460 g/mol. The third-order valence-electron chi connectivity index (χ3n) is 4.75. The van der Waals surface area contributed by atoms with Crippen LogP contribution in [0.1, 0.15) is 32.0 Å². The maximum Gasteiger partial charge on any atom is 0.280 e. The van der Waals surface area contributed by atoms with E-state index in [1.54, 1.807) is 19.1 Å². The minimum absolute atomic E-state index is 0.0106. The zero-order chi connectivity index (χ0) is 22.3. The van der Waals surface area contributed by atoms with E-state index in [1.807, 2.05) is 0 Å². The average Bonchev–Trinajstić information content (AvgIpc) is 2.96. The first kappa shape index (κ1) is 21.0. The highest BCUT2D eigenvalue weighted by Gasteiger charge is 2.37. The van der Waals surface area contributed by atoms with Gasteiger partial charge in [0.05, 0.1) is 27.7 Å². The molecule has 7 nitrogen and oxygen atoms in total. The predicted octanol–water partition coefficient (Wildman–Crippen LogP) is 3.78. The van der Waals surface area contributed by atoms with Gasteiger partial charge in [0.2, 0.25) is 0 Å². The van der Waals surface area contributed by atoms with Crippen LogP contribution in [0.2, 0.25) is 5.02 Å². The molecule has 0 atom stereocenters. The SMILES string of the molecule is Cc1ccc(NS(=O)(=O)c2cc(F)ccc2CN2C(=O)c3cccnc3C2=O)c(Cl)c1. The van der Waals surface area contributed by atoms with Crippen LogP contribution in [0.15, 0.2) is 59.6 Å². The van der Waals surface area contributed by atoms with E-state index in [0.717, 1.165) is 22.6 Å². The lowest BCUT2D eigenvalue weighted by atomic mass is 10.2. The van der Waals surface area contributed by atoms with Crippen LogP contribution in [0.25, 0.3) is 0 Å². The fourth-order valence-corrected chi connectivity index (χ4v) is 4.90. The number of pyridine rings is 1. The van der Waals surface area contributed by atoms with E-state index in [9.17, 15) is 22.4 Å². The van der Waals surface area contributed by atoms with Crippen molar-refractivity contribution in [2.45, 2.75) is 18.4 Å². The van der Waals surface area contributed by atoms with E-state index in [2.05, 4.69) is 9.71 Å². The summed E-state index contributed by atoms with van der Waals surface area (Å²) in [6.07, 6.45) is 1.39. The van der Waals surface area contributed by atoms with Crippen molar-refractivity contribution in [3.05, 3.63) is 88.0 Å². The number of aromatic nitrogens is 1. The number of nitrogens with zero attached hydrogens (tertiary/aromatic N) is 2. The molecule has 0 fully saturated rings. The molecule has 2 aromatic carbocycles. The summed E-state index contributed by atoms with van der Waals surface area (Å²) in [5.41, 5.74) is 1.13. The minimum atomic E-state index is -4.29. The lowest BCUT2D eigenvalue weighted by Gasteiger charge is -2.18. The van der Waals surface area contributed by atoms with Crippen LogP contribution in [0.5, 0.6) is 0 Å². The fourth-order valence-electron chi connectivity index (χ4n) is 3.24. The van der Waals surface area contributed by atoms with Gasteiger partial charge >= 0.3 is 0 Å². The molecule has 1 aromatic heterocycles. The zero-order valence-corrected chi connectivity index (χ0v) is 17.7. The highest BCUT2D eigenvalue weighted by molar-refractivity contribution is 7.92. The molecule has 2 heterocycles. The molecule has 1 aliphatic heterocycles. The summed E-state index contributed by atoms with van der Waals surface area (Å²) in [5.74, 6) is -2.04. The van der Waals surface area contributed by atoms with Crippen molar-refractivity contribution < 1.29 is 22.4 Å². The first-order valence-corrected chi connectivity index (χ1v) is 10.9. The highest BCUT2D eigenvalue weighted by Crippen LogP contribution is 2.29.